The molecule has 28 heavy (non-hydrogen) atoms. The van der Waals surface area contributed by atoms with Gasteiger partial charge >= 0.3 is 5.97 Å². The van der Waals surface area contributed by atoms with E-state index in [2.05, 4.69) is 52.3 Å². The number of carbonyl (C=O) groups is 1. The summed E-state index contributed by atoms with van der Waals surface area (Å²) in [5.41, 5.74) is 4.58. The predicted molar refractivity (Wildman–Crippen MR) is 110 cm³/mol. The highest BCUT2D eigenvalue weighted by Crippen LogP contribution is 2.32. The van der Waals surface area contributed by atoms with Crippen molar-refractivity contribution in [1.29, 1.82) is 0 Å². The fraction of sp³-hybridized carbons (Fsp3) is 0.250. The molecule has 0 radical (unpaired) electrons. The number of rotatable bonds is 5. The summed E-state index contributed by atoms with van der Waals surface area (Å²) >= 11 is 0. The molecular weight excluding hydrogens is 348 g/mol. The van der Waals surface area contributed by atoms with Gasteiger partial charge in [0.2, 0.25) is 0 Å². The fourth-order valence-electron chi connectivity index (χ4n) is 4.00. The van der Waals surface area contributed by atoms with E-state index in [1.807, 2.05) is 36.5 Å². The third-order valence-electron chi connectivity index (χ3n) is 5.55. The molecule has 1 saturated heterocycles. The minimum absolute atomic E-state index is 0.0424. The first-order valence-corrected chi connectivity index (χ1v) is 9.75. The molecule has 1 unspecified atom stereocenters. The summed E-state index contributed by atoms with van der Waals surface area (Å²) in [6.45, 7) is 1.53. The molecule has 4 rings (SSSR count). The van der Waals surface area contributed by atoms with Crippen LogP contribution >= 0.6 is 0 Å². The van der Waals surface area contributed by atoms with Crippen molar-refractivity contribution in [2.45, 2.75) is 18.9 Å². The third-order valence-corrected chi connectivity index (χ3v) is 5.55. The van der Waals surface area contributed by atoms with E-state index < -0.39 is 5.97 Å². The summed E-state index contributed by atoms with van der Waals surface area (Å²) < 4.78 is 0. The van der Waals surface area contributed by atoms with E-state index in [9.17, 15) is 9.90 Å². The van der Waals surface area contributed by atoms with Gasteiger partial charge in [0.1, 0.15) is 0 Å². The fourth-order valence-corrected chi connectivity index (χ4v) is 4.00. The lowest BCUT2D eigenvalue weighted by Gasteiger charge is -2.36. The largest absolute Gasteiger partial charge is 0.481 e. The predicted octanol–water partition coefficient (Wildman–Crippen LogP) is 4.63. The van der Waals surface area contributed by atoms with Gasteiger partial charge in [-0.2, -0.15) is 0 Å². The van der Waals surface area contributed by atoms with Crippen molar-refractivity contribution < 1.29 is 9.90 Å². The minimum atomic E-state index is -0.679. The van der Waals surface area contributed by atoms with E-state index in [1.54, 1.807) is 0 Å². The topological polar surface area (TPSA) is 53.4 Å². The van der Waals surface area contributed by atoms with E-state index >= 15 is 0 Å². The van der Waals surface area contributed by atoms with Gasteiger partial charge in [0.25, 0.3) is 0 Å². The van der Waals surface area contributed by atoms with E-state index in [4.69, 9.17) is 0 Å². The Labute approximate surface area is 165 Å². The Balaban J connectivity index is 1.62. The average molecular weight is 372 g/mol. The summed E-state index contributed by atoms with van der Waals surface area (Å²) in [6, 6.07) is 25.0. The van der Waals surface area contributed by atoms with Gasteiger partial charge in [0.05, 0.1) is 17.7 Å². The molecule has 1 fully saturated rings. The third kappa shape index (κ3) is 3.97. The number of nitrogens with zero attached hydrogens (tertiary/aromatic N) is 2. The molecule has 0 aliphatic carbocycles. The second-order valence-corrected chi connectivity index (χ2v) is 7.29. The van der Waals surface area contributed by atoms with Crippen LogP contribution in [0.5, 0.6) is 0 Å². The number of carboxylic acids is 1. The Morgan fingerprint density at radius 1 is 0.893 bits per heavy atom. The zero-order valence-electron chi connectivity index (χ0n) is 15.7. The summed E-state index contributed by atoms with van der Waals surface area (Å²) in [5.74, 6) is -0.915. The number of aliphatic carboxylic acids is 1. The Bertz CT molecular complexity index is 902. The van der Waals surface area contributed by atoms with Crippen LogP contribution in [-0.4, -0.2) is 34.0 Å². The molecule has 1 N–H and O–H groups in total. The van der Waals surface area contributed by atoms with Gasteiger partial charge in [0, 0.05) is 6.20 Å². The van der Waals surface area contributed by atoms with E-state index in [0.717, 1.165) is 18.8 Å². The lowest BCUT2D eigenvalue weighted by Crippen LogP contribution is -2.39. The average Bonchev–Trinajstić information content (AvgIpc) is 2.76. The molecule has 0 amide bonds. The standard InChI is InChI=1S/C24H24N2O2/c27-24(28)21-13-16-26(17-14-21)23(22-8-4-5-15-25-22)20-11-9-19(10-12-20)18-6-2-1-3-7-18/h1-12,15,21,23H,13-14,16-17H2,(H,27,28). The number of hydrogen-bond donors (Lipinski definition) is 1. The number of pyridine rings is 1. The normalized spacial score (nSPS) is 16.6. The van der Waals surface area contributed by atoms with Crippen LogP contribution in [0.1, 0.15) is 30.1 Å². The van der Waals surface area contributed by atoms with Crippen molar-refractivity contribution in [3.05, 3.63) is 90.3 Å². The van der Waals surface area contributed by atoms with Gasteiger partial charge in [-0.15, -0.1) is 0 Å². The zero-order valence-corrected chi connectivity index (χ0v) is 15.7. The van der Waals surface area contributed by atoms with Gasteiger partial charge in [-0.3, -0.25) is 14.7 Å². The van der Waals surface area contributed by atoms with Gasteiger partial charge in [-0.1, -0.05) is 60.7 Å². The maximum absolute atomic E-state index is 11.3. The Kier molecular flexibility index (Phi) is 5.49. The Hall–Kier alpha value is -2.98. The molecule has 1 aliphatic heterocycles. The second kappa shape index (κ2) is 8.36. The van der Waals surface area contributed by atoms with Crippen molar-refractivity contribution in [3.63, 3.8) is 0 Å². The lowest BCUT2D eigenvalue weighted by molar-refractivity contribution is -0.143. The molecule has 0 bridgehead atoms. The van der Waals surface area contributed by atoms with Crippen molar-refractivity contribution >= 4 is 5.97 Å². The van der Waals surface area contributed by atoms with Crippen LogP contribution in [0, 0.1) is 5.92 Å². The van der Waals surface area contributed by atoms with Gasteiger partial charge < -0.3 is 5.11 Å². The number of carboxylic acid groups (broad SMARTS) is 1. The highest BCUT2D eigenvalue weighted by atomic mass is 16.4. The molecule has 2 heterocycles. The quantitative estimate of drug-likeness (QED) is 0.709. The summed E-state index contributed by atoms with van der Waals surface area (Å²) in [4.78, 5) is 18.3. The highest BCUT2D eigenvalue weighted by Gasteiger charge is 2.30. The van der Waals surface area contributed by atoms with Crippen molar-refractivity contribution in [2.75, 3.05) is 13.1 Å². The molecular formula is C24H24N2O2. The molecule has 2 aromatic carbocycles. The smallest absolute Gasteiger partial charge is 0.306 e. The summed E-state index contributed by atoms with van der Waals surface area (Å²) in [7, 11) is 0. The molecule has 4 heteroatoms. The van der Waals surface area contributed by atoms with Gasteiger partial charge in [-0.25, -0.2) is 0 Å². The highest BCUT2D eigenvalue weighted by molar-refractivity contribution is 5.70. The van der Waals surface area contributed by atoms with Crippen LogP contribution in [0.3, 0.4) is 0 Å². The Morgan fingerprint density at radius 3 is 2.14 bits per heavy atom. The number of aromatic nitrogens is 1. The monoisotopic (exact) mass is 372 g/mol. The van der Waals surface area contributed by atoms with Crippen molar-refractivity contribution in [3.8, 4) is 11.1 Å². The first-order valence-electron chi connectivity index (χ1n) is 9.75. The lowest BCUT2D eigenvalue weighted by atomic mass is 9.92. The van der Waals surface area contributed by atoms with Crippen LogP contribution in [-0.2, 0) is 4.79 Å². The maximum atomic E-state index is 11.3. The van der Waals surface area contributed by atoms with Crippen LogP contribution in [0.4, 0.5) is 0 Å². The second-order valence-electron chi connectivity index (χ2n) is 7.29. The summed E-state index contributed by atoms with van der Waals surface area (Å²) in [5, 5.41) is 9.31. The first-order chi connectivity index (χ1) is 13.7. The number of hydrogen-bond acceptors (Lipinski definition) is 3. The zero-order chi connectivity index (χ0) is 19.3. The Morgan fingerprint density at radius 2 is 1.54 bits per heavy atom. The first kappa shape index (κ1) is 18.4. The van der Waals surface area contributed by atoms with E-state index in [1.165, 1.54) is 16.7 Å². The number of likely N-dealkylation sites (tertiary alicyclic amines) is 1. The SMILES string of the molecule is O=C(O)C1CCN(C(c2ccc(-c3ccccc3)cc2)c2ccccn2)CC1. The van der Waals surface area contributed by atoms with Crippen LogP contribution in [0.15, 0.2) is 79.0 Å². The van der Waals surface area contributed by atoms with Gasteiger partial charge in [0.15, 0.2) is 0 Å². The van der Waals surface area contributed by atoms with E-state index in [-0.39, 0.29) is 12.0 Å². The van der Waals surface area contributed by atoms with E-state index in [0.29, 0.717) is 12.8 Å². The van der Waals surface area contributed by atoms with Crippen molar-refractivity contribution in [2.24, 2.45) is 5.92 Å². The molecule has 1 aliphatic rings. The minimum Gasteiger partial charge on any atom is -0.481 e. The maximum Gasteiger partial charge on any atom is 0.306 e. The molecule has 3 aromatic rings. The van der Waals surface area contributed by atoms with Gasteiger partial charge in [-0.05, 0) is 54.8 Å². The van der Waals surface area contributed by atoms with Crippen LogP contribution in [0.2, 0.25) is 0 Å². The molecule has 0 saturated carbocycles. The number of benzene rings is 2. The summed E-state index contributed by atoms with van der Waals surface area (Å²) in [6.07, 6.45) is 3.19. The van der Waals surface area contributed by atoms with Crippen LogP contribution < -0.4 is 0 Å². The molecule has 1 atom stereocenters. The molecule has 4 nitrogen and oxygen atoms in total. The van der Waals surface area contributed by atoms with Crippen LogP contribution in [0.25, 0.3) is 11.1 Å². The number of piperidine rings is 1. The van der Waals surface area contributed by atoms with Crippen molar-refractivity contribution in [1.82, 2.24) is 9.88 Å². The molecule has 142 valence electrons. The molecule has 1 aromatic heterocycles. The molecule has 0 spiro atoms.